The molecule has 0 N–H and O–H groups in total. The topological polar surface area (TPSA) is 52.0 Å². The summed E-state index contributed by atoms with van der Waals surface area (Å²) in [5.74, 6) is -0.0739. The minimum Gasteiger partial charge on any atom is -0.298 e. The number of hydrogen-bond acceptors (Lipinski definition) is 3. The van der Waals surface area contributed by atoms with Gasteiger partial charge in [-0.2, -0.15) is 5.10 Å². The first-order valence-electron chi connectivity index (χ1n) is 3.64. The molecule has 0 saturated heterocycles. The molecular weight excluding hydrogens is 156 g/mol. The molecule has 1 aromatic heterocycles. The summed E-state index contributed by atoms with van der Waals surface area (Å²) in [6, 6.07) is 3.03. The second-order valence-electron chi connectivity index (χ2n) is 2.67. The average Bonchev–Trinajstić information content (AvgIpc) is 1.96. The van der Waals surface area contributed by atoms with Crippen LogP contribution in [0.15, 0.2) is 16.9 Å². The molecule has 1 aromatic rings. The van der Waals surface area contributed by atoms with Crippen LogP contribution >= 0.6 is 0 Å². The van der Waals surface area contributed by atoms with Crippen LogP contribution in [0.4, 0.5) is 0 Å². The number of rotatable bonds is 2. The number of Topliss-reactive ketones (excluding diaryl/α,β-unsaturated/α-hetero) is 1. The first kappa shape index (κ1) is 8.64. The van der Waals surface area contributed by atoms with Crippen LogP contribution in [0.2, 0.25) is 0 Å². The van der Waals surface area contributed by atoms with E-state index in [9.17, 15) is 9.59 Å². The Bertz CT molecular complexity index is 354. The molecule has 0 spiro atoms. The van der Waals surface area contributed by atoms with Crippen LogP contribution in [0.25, 0.3) is 0 Å². The standard InChI is InChI=1S/C8H10N2O2/c1-6-3-4-8(12)10(9-6)5-7(2)11/h3-4H,5H2,1-2H3. The third kappa shape index (κ3) is 2.02. The van der Waals surface area contributed by atoms with E-state index in [0.717, 1.165) is 10.4 Å². The summed E-state index contributed by atoms with van der Waals surface area (Å²) in [4.78, 5) is 21.7. The molecule has 0 aliphatic heterocycles. The largest absolute Gasteiger partial charge is 0.298 e. The van der Waals surface area contributed by atoms with Gasteiger partial charge < -0.3 is 0 Å². The zero-order chi connectivity index (χ0) is 9.14. The molecule has 12 heavy (non-hydrogen) atoms. The Labute approximate surface area is 69.8 Å². The van der Waals surface area contributed by atoms with Gasteiger partial charge >= 0.3 is 0 Å². The second kappa shape index (κ2) is 3.30. The van der Waals surface area contributed by atoms with Crippen molar-refractivity contribution >= 4 is 5.78 Å². The molecule has 0 fully saturated rings. The van der Waals surface area contributed by atoms with Crippen molar-refractivity contribution in [2.45, 2.75) is 20.4 Å². The van der Waals surface area contributed by atoms with Gasteiger partial charge in [0.05, 0.1) is 5.69 Å². The molecule has 0 atom stereocenters. The van der Waals surface area contributed by atoms with E-state index in [1.165, 1.54) is 13.0 Å². The molecule has 0 aliphatic rings. The summed E-state index contributed by atoms with van der Waals surface area (Å²) in [6.45, 7) is 3.26. The van der Waals surface area contributed by atoms with Gasteiger partial charge in [0, 0.05) is 6.07 Å². The molecule has 0 bridgehead atoms. The van der Waals surface area contributed by atoms with Crippen LogP contribution < -0.4 is 5.56 Å². The Hall–Kier alpha value is -1.45. The summed E-state index contributed by atoms with van der Waals surface area (Å²) in [5, 5.41) is 3.90. The Kier molecular flexibility index (Phi) is 2.38. The maximum absolute atomic E-state index is 11.1. The predicted octanol–water partition coefficient (Wildman–Crippen LogP) is 0.141. The van der Waals surface area contributed by atoms with Crippen molar-refractivity contribution in [2.75, 3.05) is 0 Å². The zero-order valence-corrected chi connectivity index (χ0v) is 7.07. The van der Waals surface area contributed by atoms with Gasteiger partial charge in [-0.25, -0.2) is 4.68 Å². The molecule has 4 nitrogen and oxygen atoms in total. The smallest absolute Gasteiger partial charge is 0.267 e. The van der Waals surface area contributed by atoms with Crippen LogP contribution in [-0.4, -0.2) is 15.6 Å². The van der Waals surface area contributed by atoms with Gasteiger partial charge in [0.25, 0.3) is 5.56 Å². The van der Waals surface area contributed by atoms with Gasteiger partial charge in [0.1, 0.15) is 6.54 Å². The van der Waals surface area contributed by atoms with E-state index in [4.69, 9.17) is 0 Å². The number of aryl methyl sites for hydroxylation is 1. The van der Waals surface area contributed by atoms with Gasteiger partial charge in [-0.1, -0.05) is 0 Å². The van der Waals surface area contributed by atoms with Crippen molar-refractivity contribution in [1.29, 1.82) is 0 Å². The van der Waals surface area contributed by atoms with E-state index in [2.05, 4.69) is 5.10 Å². The number of ketones is 1. The molecule has 0 unspecified atom stereocenters. The van der Waals surface area contributed by atoms with Crippen molar-refractivity contribution in [3.8, 4) is 0 Å². The lowest BCUT2D eigenvalue weighted by atomic mass is 10.4. The van der Waals surface area contributed by atoms with E-state index in [1.54, 1.807) is 13.0 Å². The monoisotopic (exact) mass is 166 g/mol. The van der Waals surface area contributed by atoms with Crippen LogP contribution in [0, 0.1) is 6.92 Å². The molecule has 0 amide bonds. The fourth-order valence-electron chi connectivity index (χ4n) is 0.875. The minimum atomic E-state index is -0.240. The molecule has 1 heterocycles. The average molecular weight is 166 g/mol. The number of aromatic nitrogens is 2. The fraction of sp³-hybridized carbons (Fsp3) is 0.375. The second-order valence-corrected chi connectivity index (χ2v) is 2.67. The van der Waals surface area contributed by atoms with Gasteiger partial charge in [-0.05, 0) is 19.9 Å². The summed E-state index contributed by atoms with van der Waals surface area (Å²) in [6.07, 6.45) is 0. The Morgan fingerprint density at radius 3 is 2.83 bits per heavy atom. The highest BCUT2D eigenvalue weighted by Gasteiger charge is 1.99. The number of carbonyl (C=O) groups is 1. The minimum absolute atomic E-state index is 0.0561. The maximum Gasteiger partial charge on any atom is 0.267 e. The van der Waals surface area contributed by atoms with E-state index in [-0.39, 0.29) is 17.9 Å². The van der Waals surface area contributed by atoms with E-state index in [0.29, 0.717) is 0 Å². The molecule has 0 saturated carbocycles. The lowest BCUT2D eigenvalue weighted by Gasteiger charge is -2.00. The molecule has 0 radical (unpaired) electrons. The lowest BCUT2D eigenvalue weighted by molar-refractivity contribution is -0.117. The quantitative estimate of drug-likeness (QED) is 0.628. The van der Waals surface area contributed by atoms with Crippen LogP contribution in [0.5, 0.6) is 0 Å². The van der Waals surface area contributed by atoms with Crippen LogP contribution in [-0.2, 0) is 11.3 Å². The first-order valence-corrected chi connectivity index (χ1v) is 3.64. The molecule has 64 valence electrons. The normalized spacial score (nSPS) is 9.83. The van der Waals surface area contributed by atoms with E-state index >= 15 is 0 Å². The van der Waals surface area contributed by atoms with Crippen molar-refractivity contribution in [2.24, 2.45) is 0 Å². The van der Waals surface area contributed by atoms with Crippen LogP contribution in [0.1, 0.15) is 12.6 Å². The van der Waals surface area contributed by atoms with Crippen molar-refractivity contribution < 1.29 is 4.79 Å². The lowest BCUT2D eigenvalue weighted by Crippen LogP contribution is -2.25. The summed E-state index contributed by atoms with van der Waals surface area (Å²) < 4.78 is 1.16. The highest BCUT2D eigenvalue weighted by atomic mass is 16.1. The fourth-order valence-corrected chi connectivity index (χ4v) is 0.875. The SMILES string of the molecule is CC(=O)Cn1nc(C)ccc1=O. The summed E-state index contributed by atoms with van der Waals surface area (Å²) in [5.41, 5.74) is 0.492. The molecular formula is C8H10N2O2. The van der Waals surface area contributed by atoms with Crippen molar-refractivity contribution in [3.05, 3.63) is 28.2 Å². The summed E-state index contributed by atoms with van der Waals surface area (Å²) in [7, 11) is 0. The highest BCUT2D eigenvalue weighted by molar-refractivity contribution is 5.75. The Morgan fingerprint density at radius 2 is 2.25 bits per heavy atom. The molecule has 4 heteroatoms. The van der Waals surface area contributed by atoms with Gasteiger partial charge in [-0.3, -0.25) is 9.59 Å². The summed E-state index contributed by atoms with van der Waals surface area (Å²) >= 11 is 0. The third-order valence-electron chi connectivity index (χ3n) is 1.37. The zero-order valence-electron chi connectivity index (χ0n) is 7.07. The molecule has 1 rings (SSSR count). The Morgan fingerprint density at radius 1 is 1.58 bits per heavy atom. The predicted molar refractivity (Wildman–Crippen MR) is 43.9 cm³/mol. The van der Waals surface area contributed by atoms with Crippen LogP contribution in [0.3, 0.4) is 0 Å². The Balaban J connectivity index is 3.06. The van der Waals surface area contributed by atoms with E-state index in [1.807, 2.05) is 0 Å². The number of nitrogens with zero attached hydrogens (tertiary/aromatic N) is 2. The molecule has 0 aliphatic carbocycles. The van der Waals surface area contributed by atoms with Gasteiger partial charge in [0.15, 0.2) is 5.78 Å². The highest BCUT2D eigenvalue weighted by Crippen LogP contribution is 1.85. The van der Waals surface area contributed by atoms with E-state index < -0.39 is 0 Å². The van der Waals surface area contributed by atoms with Crippen molar-refractivity contribution in [3.63, 3.8) is 0 Å². The number of hydrogen-bond donors (Lipinski definition) is 0. The third-order valence-corrected chi connectivity index (χ3v) is 1.37. The maximum atomic E-state index is 11.1. The molecule has 0 aromatic carbocycles. The number of carbonyl (C=O) groups excluding carboxylic acids is 1. The van der Waals surface area contributed by atoms with Gasteiger partial charge in [-0.15, -0.1) is 0 Å². The van der Waals surface area contributed by atoms with Gasteiger partial charge in [0.2, 0.25) is 0 Å². The van der Waals surface area contributed by atoms with Crippen molar-refractivity contribution in [1.82, 2.24) is 9.78 Å². The first-order chi connectivity index (χ1) is 5.59.